The molecule has 5 heteroatoms. The highest BCUT2D eigenvalue weighted by atomic mass is 16.1. The van der Waals surface area contributed by atoms with E-state index in [0.717, 1.165) is 44.9 Å². The number of aromatic amines is 1. The Morgan fingerprint density at radius 2 is 1.59 bits per heavy atom. The van der Waals surface area contributed by atoms with E-state index in [2.05, 4.69) is 16.7 Å². The molecule has 0 fully saturated rings. The van der Waals surface area contributed by atoms with E-state index in [4.69, 9.17) is 5.10 Å². The smallest absolute Gasteiger partial charge is 0.282 e. The maximum absolute atomic E-state index is 13.8. The van der Waals surface area contributed by atoms with Gasteiger partial charge in [-0.3, -0.25) is 9.79 Å². The van der Waals surface area contributed by atoms with Gasteiger partial charge in [0.15, 0.2) is 0 Å². The summed E-state index contributed by atoms with van der Waals surface area (Å²) in [6.45, 7) is 7.53. The van der Waals surface area contributed by atoms with Crippen LogP contribution in [0.4, 0.5) is 5.69 Å². The van der Waals surface area contributed by atoms with Crippen LogP contribution in [0.15, 0.2) is 94.7 Å². The molecular weight excluding hydrogens is 420 g/mol. The average molecular weight is 445 g/mol. The molecule has 5 nitrogen and oxygen atoms in total. The van der Waals surface area contributed by atoms with Crippen LogP contribution in [0.5, 0.6) is 0 Å². The predicted octanol–water partition coefficient (Wildman–Crippen LogP) is 6.70. The van der Waals surface area contributed by atoms with Crippen molar-refractivity contribution >= 4 is 24.1 Å². The first-order valence-corrected chi connectivity index (χ1v) is 11.1. The fraction of sp³-hybridized carbons (Fsp3) is 0.0690. The Balaban J connectivity index is 1.82. The van der Waals surface area contributed by atoms with E-state index < -0.39 is 0 Å². The molecule has 0 aliphatic carbocycles. The SMILES string of the molecule is C=Nc1ccc(-c2c(C)[nH]c3c(-c4ccccc4)c(-c4ccccc4)nn3c2=O)cc1/C=C\C. The minimum Gasteiger partial charge on any atom is -0.343 e. The number of benzene rings is 3. The van der Waals surface area contributed by atoms with Crippen molar-refractivity contribution in [3.63, 3.8) is 0 Å². The molecule has 0 spiro atoms. The Morgan fingerprint density at radius 3 is 2.24 bits per heavy atom. The molecular formula is C29H24N4O. The van der Waals surface area contributed by atoms with E-state index >= 15 is 0 Å². The van der Waals surface area contributed by atoms with Gasteiger partial charge in [-0.05, 0) is 43.8 Å². The molecule has 0 radical (unpaired) electrons. The molecule has 0 amide bonds. The number of rotatable bonds is 5. The van der Waals surface area contributed by atoms with Gasteiger partial charge in [-0.1, -0.05) is 78.9 Å². The van der Waals surface area contributed by atoms with Crippen molar-refractivity contribution in [3.8, 4) is 33.5 Å². The van der Waals surface area contributed by atoms with Gasteiger partial charge in [0.1, 0.15) is 11.3 Å². The highest BCUT2D eigenvalue weighted by Gasteiger charge is 2.21. The van der Waals surface area contributed by atoms with Gasteiger partial charge in [0, 0.05) is 16.8 Å². The van der Waals surface area contributed by atoms with Gasteiger partial charge in [-0.25, -0.2) is 0 Å². The van der Waals surface area contributed by atoms with Gasteiger partial charge >= 0.3 is 0 Å². The largest absolute Gasteiger partial charge is 0.343 e. The summed E-state index contributed by atoms with van der Waals surface area (Å²) >= 11 is 0. The van der Waals surface area contributed by atoms with Crippen LogP contribution in [-0.4, -0.2) is 21.3 Å². The first kappa shape index (κ1) is 21.3. The number of aryl methyl sites for hydroxylation is 1. The second-order valence-corrected chi connectivity index (χ2v) is 8.08. The first-order chi connectivity index (χ1) is 16.6. The summed E-state index contributed by atoms with van der Waals surface area (Å²) in [6.07, 6.45) is 3.91. The van der Waals surface area contributed by atoms with E-state index in [1.807, 2.05) is 105 Å². The summed E-state index contributed by atoms with van der Waals surface area (Å²) < 4.78 is 1.49. The Labute approximate surface area is 197 Å². The van der Waals surface area contributed by atoms with Gasteiger partial charge in [-0.15, -0.1) is 0 Å². The van der Waals surface area contributed by atoms with E-state index in [9.17, 15) is 4.79 Å². The molecule has 5 rings (SSSR count). The van der Waals surface area contributed by atoms with Crippen molar-refractivity contribution < 1.29 is 0 Å². The third-order valence-corrected chi connectivity index (χ3v) is 5.92. The summed E-state index contributed by atoms with van der Waals surface area (Å²) in [7, 11) is 0. The van der Waals surface area contributed by atoms with E-state index in [1.165, 1.54) is 4.52 Å². The van der Waals surface area contributed by atoms with Crippen molar-refractivity contribution in [2.45, 2.75) is 13.8 Å². The molecule has 0 bridgehead atoms. The highest BCUT2D eigenvalue weighted by molar-refractivity contribution is 5.91. The van der Waals surface area contributed by atoms with E-state index in [0.29, 0.717) is 11.2 Å². The molecule has 166 valence electrons. The van der Waals surface area contributed by atoms with Gasteiger partial charge in [-0.2, -0.15) is 9.61 Å². The van der Waals surface area contributed by atoms with Crippen LogP contribution in [0.2, 0.25) is 0 Å². The summed E-state index contributed by atoms with van der Waals surface area (Å²) in [5.41, 5.74) is 7.96. The van der Waals surface area contributed by atoms with Crippen LogP contribution in [0, 0.1) is 6.92 Å². The molecule has 0 unspecified atom stereocenters. The molecule has 0 atom stereocenters. The zero-order valence-corrected chi connectivity index (χ0v) is 19.1. The third-order valence-electron chi connectivity index (χ3n) is 5.92. The molecule has 3 aromatic carbocycles. The second-order valence-electron chi connectivity index (χ2n) is 8.08. The lowest BCUT2D eigenvalue weighted by Crippen LogP contribution is -2.19. The average Bonchev–Trinajstić information content (AvgIpc) is 3.25. The quantitative estimate of drug-likeness (QED) is 0.307. The van der Waals surface area contributed by atoms with Crippen LogP contribution in [0.3, 0.4) is 0 Å². The van der Waals surface area contributed by atoms with Crippen LogP contribution < -0.4 is 5.56 Å². The number of nitrogens with one attached hydrogen (secondary N) is 1. The van der Waals surface area contributed by atoms with E-state index in [-0.39, 0.29) is 5.56 Å². The number of aliphatic imine (C=N–C) groups is 1. The lowest BCUT2D eigenvalue weighted by molar-refractivity contribution is 0.897. The predicted molar refractivity (Wildman–Crippen MR) is 141 cm³/mol. The van der Waals surface area contributed by atoms with Crippen molar-refractivity contribution in [2.75, 3.05) is 0 Å². The first-order valence-electron chi connectivity index (χ1n) is 11.1. The van der Waals surface area contributed by atoms with Gasteiger partial charge in [0.25, 0.3) is 5.56 Å². The van der Waals surface area contributed by atoms with Crippen LogP contribution >= 0.6 is 0 Å². The minimum absolute atomic E-state index is 0.170. The Bertz CT molecular complexity index is 1590. The second kappa shape index (κ2) is 8.79. The van der Waals surface area contributed by atoms with E-state index in [1.54, 1.807) is 0 Å². The molecule has 5 aromatic rings. The number of hydrogen-bond donors (Lipinski definition) is 1. The fourth-order valence-electron chi connectivity index (χ4n) is 4.37. The van der Waals surface area contributed by atoms with Gasteiger partial charge < -0.3 is 4.98 Å². The summed E-state index contributed by atoms with van der Waals surface area (Å²) in [5.74, 6) is 0. The fourth-order valence-corrected chi connectivity index (χ4v) is 4.37. The van der Waals surface area contributed by atoms with Crippen molar-refractivity contribution in [2.24, 2.45) is 4.99 Å². The lowest BCUT2D eigenvalue weighted by Gasteiger charge is -2.10. The maximum atomic E-state index is 13.8. The lowest BCUT2D eigenvalue weighted by atomic mass is 10.00. The van der Waals surface area contributed by atoms with Crippen molar-refractivity contribution in [1.82, 2.24) is 14.6 Å². The van der Waals surface area contributed by atoms with Crippen LogP contribution in [-0.2, 0) is 0 Å². The molecule has 2 aromatic heterocycles. The Hall–Kier alpha value is -4.51. The zero-order chi connectivity index (χ0) is 23.7. The Kier molecular flexibility index (Phi) is 5.52. The standard InChI is InChI=1S/C29H24N4O/c1-4-11-22-18-23(16-17-24(22)30-3)25-19(2)31-28-26(20-12-7-5-8-13-20)27(32-33(28)29(25)34)21-14-9-6-10-15-21/h4-18,31H,3H2,1-2H3/b11-4-. The molecule has 2 heterocycles. The minimum atomic E-state index is -0.170. The summed E-state index contributed by atoms with van der Waals surface area (Å²) in [5, 5.41) is 4.81. The van der Waals surface area contributed by atoms with Gasteiger partial charge in [0.05, 0.1) is 16.8 Å². The summed E-state index contributed by atoms with van der Waals surface area (Å²) in [6, 6.07) is 25.7. The van der Waals surface area contributed by atoms with Crippen molar-refractivity contribution in [3.05, 3.63) is 107 Å². The number of fused-ring (bicyclic) bond motifs is 1. The van der Waals surface area contributed by atoms with Crippen molar-refractivity contribution in [1.29, 1.82) is 0 Å². The molecule has 0 saturated heterocycles. The van der Waals surface area contributed by atoms with Crippen LogP contribution in [0.1, 0.15) is 18.2 Å². The number of aromatic nitrogens is 3. The zero-order valence-electron chi connectivity index (χ0n) is 19.1. The molecule has 0 saturated carbocycles. The molecule has 34 heavy (non-hydrogen) atoms. The summed E-state index contributed by atoms with van der Waals surface area (Å²) in [4.78, 5) is 21.4. The topological polar surface area (TPSA) is 62.5 Å². The number of allylic oxidation sites excluding steroid dienone is 1. The molecule has 0 aliphatic heterocycles. The van der Waals surface area contributed by atoms with Crippen LogP contribution in [0.25, 0.3) is 45.2 Å². The number of hydrogen-bond acceptors (Lipinski definition) is 3. The molecule has 1 N–H and O–H groups in total. The highest BCUT2D eigenvalue weighted by Crippen LogP contribution is 2.35. The Morgan fingerprint density at radius 1 is 0.912 bits per heavy atom. The number of nitrogens with zero attached hydrogens (tertiary/aromatic N) is 3. The normalized spacial score (nSPS) is 11.4. The third kappa shape index (κ3) is 3.57. The monoisotopic (exact) mass is 444 g/mol. The van der Waals surface area contributed by atoms with Gasteiger partial charge in [0.2, 0.25) is 0 Å². The molecule has 0 aliphatic rings. The number of H-pyrrole nitrogens is 1. The maximum Gasteiger partial charge on any atom is 0.282 e.